The van der Waals surface area contributed by atoms with Crippen molar-refractivity contribution in [3.05, 3.63) is 71.6 Å². The normalized spacial score (nSPS) is 10.2. The number of carbonyl (C=O) groups excluding carboxylic acids is 2. The first kappa shape index (κ1) is 17.1. The summed E-state index contributed by atoms with van der Waals surface area (Å²) in [5, 5.41) is 7.66. The number of aryl methyl sites for hydroxylation is 1. The van der Waals surface area contributed by atoms with Gasteiger partial charge in [0.1, 0.15) is 11.3 Å². The molecule has 1 aliphatic heterocycles. The Balaban J connectivity index is 0.000000613. The summed E-state index contributed by atoms with van der Waals surface area (Å²) in [5.41, 5.74) is 12.0. The smallest absolute Gasteiger partial charge is 0.373 e. The highest BCUT2D eigenvalue weighted by Crippen LogP contribution is 2.41. The average molecular weight is 345 g/mol. The molecule has 0 unspecified atom stereocenters. The van der Waals surface area contributed by atoms with Crippen molar-refractivity contribution in [1.29, 1.82) is 0 Å². The number of nitrogens with two attached hydrogens (primary N) is 2. The molecule has 5 nitrogen and oxygen atoms in total. The van der Waals surface area contributed by atoms with Crippen LogP contribution in [0, 0.1) is 6.92 Å². The van der Waals surface area contributed by atoms with Crippen LogP contribution in [0.2, 0.25) is 0 Å². The molecule has 0 bridgehead atoms. The van der Waals surface area contributed by atoms with Gasteiger partial charge in [0.05, 0.1) is 6.07 Å². The second-order valence-electron chi connectivity index (χ2n) is 5.89. The zero-order valence-electron chi connectivity index (χ0n) is 14.2. The molecule has 1 aliphatic carbocycles. The Hall–Kier alpha value is -3.69. The molecule has 0 spiro atoms. The molecule has 1 heterocycles. The van der Waals surface area contributed by atoms with Gasteiger partial charge in [-0.3, -0.25) is 5.41 Å². The molecule has 0 saturated carbocycles. The van der Waals surface area contributed by atoms with E-state index in [1.165, 1.54) is 11.1 Å². The van der Waals surface area contributed by atoms with E-state index in [-0.39, 0.29) is 6.15 Å². The monoisotopic (exact) mass is 345 g/mol. The van der Waals surface area contributed by atoms with Crippen LogP contribution in [-0.4, -0.2) is 6.15 Å². The van der Waals surface area contributed by atoms with Crippen LogP contribution in [0.25, 0.3) is 33.4 Å². The summed E-state index contributed by atoms with van der Waals surface area (Å²) < 4.78 is 6.05. The van der Waals surface area contributed by atoms with Crippen LogP contribution in [-0.2, 0) is 9.59 Å². The fourth-order valence-electron chi connectivity index (χ4n) is 3.07. The van der Waals surface area contributed by atoms with Gasteiger partial charge in [-0.2, -0.15) is 9.59 Å². The second-order valence-corrected chi connectivity index (χ2v) is 5.89. The zero-order valence-corrected chi connectivity index (χ0v) is 14.2. The lowest BCUT2D eigenvalue weighted by atomic mass is 9.91. The molecular weight excluding hydrogens is 328 g/mol. The molecule has 0 fully saturated rings. The van der Waals surface area contributed by atoms with Crippen molar-refractivity contribution in [3.8, 4) is 22.5 Å². The highest BCUT2D eigenvalue weighted by atomic mass is 16.3. The molecule has 0 atom stereocenters. The lowest BCUT2D eigenvalue weighted by molar-refractivity contribution is -0.191. The summed E-state index contributed by atoms with van der Waals surface area (Å²) >= 11 is 0. The molecule has 2 aromatic carbocycles. The molecule has 0 saturated heterocycles. The first-order valence-corrected chi connectivity index (χ1v) is 7.95. The van der Waals surface area contributed by atoms with Gasteiger partial charge >= 0.3 is 6.15 Å². The summed E-state index contributed by atoms with van der Waals surface area (Å²) in [6, 6.07) is 19.9. The number of hydrogen-bond acceptors (Lipinski definition) is 4. The third kappa shape index (κ3) is 3.11. The third-order valence-corrected chi connectivity index (χ3v) is 4.18. The van der Waals surface area contributed by atoms with Gasteiger partial charge in [0.15, 0.2) is 5.36 Å². The van der Waals surface area contributed by atoms with Crippen molar-refractivity contribution >= 4 is 22.8 Å². The van der Waals surface area contributed by atoms with Crippen molar-refractivity contribution < 1.29 is 19.4 Å². The van der Waals surface area contributed by atoms with E-state index < -0.39 is 0 Å². The van der Waals surface area contributed by atoms with Gasteiger partial charge in [-0.1, -0.05) is 24.3 Å². The van der Waals surface area contributed by atoms with Crippen LogP contribution in [0.15, 0.2) is 65.1 Å². The average Bonchev–Trinajstić information content (AvgIpc) is 2.61. The maximum atomic E-state index is 8.12. The maximum absolute atomic E-state index is 8.12. The van der Waals surface area contributed by atoms with E-state index in [0.29, 0.717) is 11.0 Å². The zero-order chi connectivity index (χ0) is 18.7. The van der Waals surface area contributed by atoms with Gasteiger partial charge in [0.25, 0.3) is 0 Å². The Morgan fingerprint density at radius 2 is 1.69 bits per heavy atom. The van der Waals surface area contributed by atoms with Gasteiger partial charge in [-0.15, -0.1) is 0 Å². The predicted molar refractivity (Wildman–Crippen MR) is 97.5 cm³/mol. The molecule has 4 N–H and O–H groups in total. The lowest BCUT2D eigenvalue weighted by Crippen LogP contribution is -2.44. The Bertz CT molecular complexity index is 1160. The van der Waals surface area contributed by atoms with Gasteiger partial charge in [0, 0.05) is 34.3 Å². The summed E-state index contributed by atoms with van der Waals surface area (Å²) in [7, 11) is 0. The minimum Gasteiger partial charge on any atom is -0.456 e. The highest BCUT2D eigenvalue weighted by molar-refractivity contribution is 6.03. The molecule has 0 amide bonds. The highest BCUT2D eigenvalue weighted by Gasteiger charge is 2.18. The van der Waals surface area contributed by atoms with Crippen LogP contribution < -0.4 is 16.5 Å². The second kappa shape index (κ2) is 7.05. The van der Waals surface area contributed by atoms with Crippen molar-refractivity contribution in [2.24, 2.45) is 0 Å². The van der Waals surface area contributed by atoms with E-state index >= 15 is 0 Å². The van der Waals surface area contributed by atoms with Crippen LogP contribution in [0.3, 0.4) is 0 Å². The number of hydrogen-bond donors (Lipinski definition) is 2. The number of nitrogen functional groups attached to an aromatic ring is 1. The molecule has 26 heavy (non-hydrogen) atoms. The standard InChI is InChI=1S/C20H16N2O.CO2/c1-12-4-2-3-5-15(12)20-16-8-6-13(21)10-18(16)23-19-11-14(22)7-9-17(19)20;2-1-3/h2-11,21H,22H2,1H3;/p+1. The molecule has 5 heteroatoms. The minimum absolute atomic E-state index is 0.250. The van der Waals surface area contributed by atoms with Gasteiger partial charge in [-0.05, 0) is 36.2 Å². The first-order valence-electron chi connectivity index (χ1n) is 7.95. The van der Waals surface area contributed by atoms with E-state index in [4.69, 9.17) is 25.1 Å². The fraction of sp³-hybridized carbons (Fsp3) is 0.0476. The van der Waals surface area contributed by atoms with E-state index in [1.807, 2.05) is 42.5 Å². The predicted octanol–water partition coefficient (Wildman–Crippen LogP) is 2.17. The summed E-state index contributed by atoms with van der Waals surface area (Å²) in [6.07, 6.45) is 0.250. The quantitative estimate of drug-likeness (QED) is 0.408. The number of fused-ring (bicyclic) bond motifs is 2. The number of benzene rings is 3. The fourth-order valence-corrected chi connectivity index (χ4v) is 3.07. The number of rotatable bonds is 1. The van der Waals surface area contributed by atoms with E-state index in [2.05, 4.69) is 25.1 Å². The van der Waals surface area contributed by atoms with Gasteiger partial charge < -0.3 is 10.2 Å². The van der Waals surface area contributed by atoms with Crippen molar-refractivity contribution in [3.63, 3.8) is 0 Å². The topological polar surface area (TPSA) is 98.9 Å². The third-order valence-electron chi connectivity index (χ3n) is 4.18. The molecular formula is C21H17N2O3+. The molecule has 128 valence electrons. The largest absolute Gasteiger partial charge is 0.456 e. The summed E-state index contributed by atoms with van der Waals surface area (Å²) in [6.45, 7) is 2.12. The van der Waals surface area contributed by atoms with E-state index in [9.17, 15) is 0 Å². The summed E-state index contributed by atoms with van der Waals surface area (Å²) in [4.78, 5) is 16.2. The van der Waals surface area contributed by atoms with Crippen LogP contribution in [0.5, 0.6) is 0 Å². The van der Waals surface area contributed by atoms with Crippen molar-refractivity contribution in [1.82, 2.24) is 0 Å². The van der Waals surface area contributed by atoms with Crippen LogP contribution in [0.4, 0.5) is 5.69 Å². The van der Waals surface area contributed by atoms with Gasteiger partial charge in [-0.25, -0.2) is 0 Å². The van der Waals surface area contributed by atoms with E-state index in [0.717, 1.165) is 27.9 Å². The van der Waals surface area contributed by atoms with Crippen LogP contribution >= 0.6 is 0 Å². The molecule has 4 rings (SSSR count). The molecule has 2 aromatic rings. The van der Waals surface area contributed by atoms with E-state index in [1.54, 1.807) is 0 Å². The molecule has 2 aliphatic rings. The Kier molecular flexibility index (Phi) is 4.65. The SMILES string of the molecule is Cc1ccccc1-c1c2ccc(=[NH2+])cc-2oc2cc(N)ccc12.O=C=O. The van der Waals surface area contributed by atoms with Crippen molar-refractivity contribution in [2.45, 2.75) is 6.92 Å². The van der Waals surface area contributed by atoms with Gasteiger partial charge in [0.2, 0.25) is 0 Å². The Morgan fingerprint density at radius 1 is 0.962 bits per heavy atom. The van der Waals surface area contributed by atoms with Crippen molar-refractivity contribution in [2.75, 3.05) is 5.73 Å². The molecule has 0 radical (unpaired) electrons. The Labute approximate surface area is 149 Å². The molecule has 0 aromatic heterocycles. The first-order chi connectivity index (χ1) is 12.5. The summed E-state index contributed by atoms with van der Waals surface area (Å²) in [5.74, 6) is 0.765. The van der Waals surface area contributed by atoms with Crippen LogP contribution in [0.1, 0.15) is 5.56 Å². The number of anilines is 1. The Morgan fingerprint density at radius 3 is 2.42 bits per heavy atom. The maximum Gasteiger partial charge on any atom is 0.373 e. The lowest BCUT2D eigenvalue weighted by Gasteiger charge is -2.16. The minimum atomic E-state index is 0.250.